The fraction of sp³-hybridized carbons (Fsp3) is 0.684. The van der Waals surface area contributed by atoms with E-state index in [-0.39, 0.29) is 41.5 Å². The van der Waals surface area contributed by atoms with Gasteiger partial charge >= 0.3 is 0 Å². The maximum atomic E-state index is 11.7. The molecular formula is C19H32IN5O2S. The first kappa shape index (κ1) is 23.2. The normalized spacial score (nSPS) is 22.2. The van der Waals surface area contributed by atoms with Gasteiger partial charge in [-0.1, -0.05) is 12.8 Å². The molecule has 0 spiro atoms. The van der Waals surface area contributed by atoms with Gasteiger partial charge in [-0.3, -0.25) is 0 Å². The highest BCUT2D eigenvalue weighted by molar-refractivity contribution is 14.0. The van der Waals surface area contributed by atoms with E-state index in [0.29, 0.717) is 18.9 Å². The molecule has 2 aliphatic heterocycles. The molecule has 1 aromatic heterocycles. The van der Waals surface area contributed by atoms with Gasteiger partial charge in [-0.25, -0.2) is 18.4 Å². The minimum atomic E-state index is -2.90. The Balaban J connectivity index is 0.00000280. The van der Waals surface area contributed by atoms with Crippen molar-refractivity contribution in [2.75, 3.05) is 36.0 Å². The van der Waals surface area contributed by atoms with Gasteiger partial charge in [0.25, 0.3) is 0 Å². The molecule has 0 saturated carbocycles. The van der Waals surface area contributed by atoms with E-state index in [1.807, 2.05) is 19.2 Å². The molecule has 3 rings (SSSR count). The standard InChI is InChI=1S/C19H31N5O2S.HI/c1-2-20-19(23-17-8-12-27(25,26)15-17)22-14-16-7-9-21-18(13-16)24-10-5-3-4-6-11-24;/h7,9,13,17H,2-6,8,10-12,14-15H2,1H3,(H2,20,22,23);1H. The van der Waals surface area contributed by atoms with E-state index in [0.717, 1.165) is 31.0 Å². The number of nitrogens with zero attached hydrogens (tertiary/aromatic N) is 3. The lowest BCUT2D eigenvalue weighted by Crippen LogP contribution is -2.44. The Labute approximate surface area is 185 Å². The Morgan fingerprint density at radius 3 is 2.68 bits per heavy atom. The highest BCUT2D eigenvalue weighted by atomic mass is 127. The Morgan fingerprint density at radius 1 is 1.29 bits per heavy atom. The number of pyridine rings is 1. The molecule has 1 unspecified atom stereocenters. The summed E-state index contributed by atoms with van der Waals surface area (Å²) in [5, 5.41) is 6.47. The molecule has 2 aliphatic rings. The third-order valence-electron chi connectivity index (χ3n) is 5.08. The molecule has 3 heterocycles. The molecule has 1 aromatic rings. The summed E-state index contributed by atoms with van der Waals surface area (Å²) in [5.41, 5.74) is 1.11. The summed E-state index contributed by atoms with van der Waals surface area (Å²) in [6.07, 6.45) is 7.55. The Hall–Kier alpha value is -1.10. The fourth-order valence-corrected chi connectivity index (χ4v) is 5.30. The van der Waals surface area contributed by atoms with Crippen molar-refractivity contribution < 1.29 is 8.42 Å². The number of hydrogen-bond acceptors (Lipinski definition) is 5. The predicted octanol–water partition coefficient (Wildman–Crippen LogP) is 2.32. The Bertz CT molecular complexity index is 748. The van der Waals surface area contributed by atoms with Crippen LogP contribution in [0.2, 0.25) is 0 Å². The number of rotatable bonds is 5. The summed E-state index contributed by atoms with van der Waals surface area (Å²) < 4.78 is 23.3. The molecule has 9 heteroatoms. The molecule has 28 heavy (non-hydrogen) atoms. The predicted molar refractivity (Wildman–Crippen MR) is 125 cm³/mol. The van der Waals surface area contributed by atoms with Crippen LogP contribution in [0.25, 0.3) is 0 Å². The van der Waals surface area contributed by atoms with Crippen LogP contribution < -0.4 is 15.5 Å². The fourth-order valence-electron chi connectivity index (χ4n) is 3.62. The largest absolute Gasteiger partial charge is 0.357 e. The number of aliphatic imine (C=N–C) groups is 1. The number of halogens is 1. The lowest BCUT2D eigenvalue weighted by molar-refractivity contribution is 0.599. The van der Waals surface area contributed by atoms with Gasteiger partial charge in [0, 0.05) is 31.9 Å². The molecule has 2 fully saturated rings. The number of guanidine groups is 1. The van der Waals surface area contributed by atoms with Crippen LogP contribution in [0.4, 0.5) is 5.82 Å². The van der Waals surface area contributed by atoms with Crippen LogP contribution in [0.3, 0.4) is 0 Å². The summed E-state index contributed by atoms with van der Waals surface area (Å²) in [4.78, 5) is 11.6. The zero-order valence-electron chi connectivity index (χ0n) is 16.6. The van der Waals surface area contributed by atoms with Crippen molar-refractivity contribution in [2.45, 2.75) is 51.6 Å². The second-order valence-corrected chi connectivity index (χ2v) is 9.59. The molecule has 0 aromatic carbocycles. The molecule has 0 amide bonds. The molecule has 2 N–H and O–H groups in total. The number of hydrogen-bond donors (Lipinski definition) is 2. The molecule has 0 radical (unpaired) electrons. The van der Waals surface area contributed by atoms with E-state index in [1.54, 1.807) is 0 Å². The molecule has 158 valence electrons. The van der Waals surface area contributed by atoms with E-state index in [9.17, 15) is 8.42 Å². The first-order valence-electron chi connectivity index (χ1n) is 10.0. The molecule has 7 nitrogen and oxygen atoms in total. The zero-order chi connectivity index (χ0) is 19.1. The average molecular weight is 521 g/mol. The quantitative estimate of drug-likeness (QED) is 0.352. The van der Waals surface area contributed by atoms with E-state index < -0.39 is 9.84 Å². The van der Waals surface area contributed by atoms with Crippen molar-refractivity contribution in [3.63, 3.8) is 0 Å². The molecule has 0 aliphatic carbocycles. The van der Waals surface area contributed by atoms with Gasteiger partial charge in [0.1, 0.15) is 5.82 Å². The third-order valence-corrected chi connectivity index (χ3v) is 6.85. The second-order valence-electron chi connectivity index (χ2n) is 7.36. The van der Waals surface area contributed by atoms with Crippen molar-refractivity contribution >= 4 is 45.6 Å². The second kappa shape index (κ2) is 11.2. The van der Waals surface area contributed by atoms with Crippen molar-refractivity contribution in [3.8, 4) is 0 Å². The molecule has 2 saturated heterocycles. The lowest BCUT2D eigenvalue weighted by Gasteiger charge is -2.21. The van der Waals surface area contributed by atoms with Gasteiger partial charge in [0.05, 0.1) is 18.1 Å². The van der Waals surface area contributed by atoms with Gasteiger partial charge in [0.15, 0.2) is 15.8 Å². The monoisotopic (exact) mass is 521 g/mol. The number of sulfone groups is 1. The van der Waals surface area contributed by atoms with Crippen LogP contribution in [-0.4, -0.2) is 56.5 Å². The topological polar surface area (TPSA) is 86.7 Å². The smallest absolute Gasteiger partial charge is 0.191 e. The van der Waals surface area contributed by atoms with Crippen molar-refractivity contribution in [2.24, 2.45) is 4.99 Å². The zero-order valence-corrected chi connectivity index (χ0v) is 19.7. The van der Waals surface area contributed by atoms with Crippen LogP contribution in [-0.2, 0) is 16.4 Å². The first-order valence-corrected chi connectivity index (χ1v) is 11.8. The third kappa shape index (κ3) is 7.06. The summed E-state index contributed by atoms with van der Waals surface area (Å²) in [5.74, 6) is 2.15. The summed E-state index contributed by atoms with van der Waals surface area (Å²) in [6.45, 7) is 5.42. The van der Waals surface area contributed by atoms with Gasteiger partial charge in [0.2, 0.25) is 0 Å². The minimum absolute atomic E-state index is 0. The van der Waals surface area contributed by atoms with Crippen molar-refractivity contribution in [1.82, 2.24) is 15.6 Å². The number of nitrogens with one attached hydrogen (secondary N) is 2. The Kier molecular flexibility index (Phi) is 9.26. The number of anilines is 1. The van der Waals surface area contributed by atoms with E-state index in [1.165, 1.54) is 25.7 Å². The van der Waals surface area contributed by atoms with Crippen LogP contribution in [0.15, 0.2) is 23.3 Å². The summed E-state index contributed by atoms with van der Waals surface area (Å²) >= 11 is 0. The van der Waals surface area contributed by atoms with E-state index in [2.05, 4.69) is 31.6 Å². The van der Waals surface area contributed by atoms with Crippen molar-refractivity contribution in [3.05, 3.63) is 23.9 Å². The lowest BCUT2D eigenvalue weighted by atomic mass is 10.2. The Morgan fingerprint density at radius 2 is 2.04 bits per heavy atom. The average Bonchev–Trinajstić information content (AvgIpc) is 2.85. The minimum Gasteiger partial charge on any atom is -0.357 e. The van der Waals surface area contributed by atoms with Gasteiger partial charge in [-0.15, -0.1) is 24.0 Å². The summed E-state index contributed by atoms with van der Waals surface area (Å²) in [7, 11) is -2.90. The van der Waals surface area contributed by atoms with E-state index in [4.69, 9.17) is 0 Å². The molecule has 0 bridgehead atoms. The number of aromatic nitrogens is 1. The maximum Gasteiger partial charge on any atom is 0.191 e. The van der Waals surface area contributed by atoms with Crippen molar-refractivity contribution in [1.29, 1.82) is 0 Å². The molecular weight excluding hydrogens is 489 g/mol. The van der Waals surface area contributed by atoms with Crippen LogP contribution >= 0.6 is 24.0 Å². The highest BCUT2D eigenvalue weighted by Gasteiger charge is 2.28. The van der Waals surface area contributed by atoms with Crippen LogP contribution in [0.5, 0.6) is 0 Å². The van der Waals surface area contributed by atoms with Gasteiger partial charge < -0.3 is 15.5 Å². The maximum absolute atomic E-state index is 11.7. The highest BCUT2D eigenvalue weighted by Crippen LogP contribution is 2.18. The van der Waals surface area contributed by atoms with Gasteiger partial charge in [-0.2, -0.15) is 0 Å². The van der Waals surface area contributed by atoms with E-state index >= 15 is 0 Å². The van der Waals surface area contributed by atoms with Crippen LogP contribution in [0, 0.1) is 0 Å². The first-order chi connectivity index (χ1) is 13.1. The SMILES string of the molecule is CCNC(=NCc1ccnc(N2CCCCCC2)c1)NC1CCS(=O)(=O)C1.I. The molecule has 1 atom stereocenters. The van der Waals surface area contributed by atoms with Crippen LogP contribution in [0.1, 0.15) is 44.6 Å². The summed E-state index contributed by atoms with van der Waals surface area (Å²) in [6, 6.07) is 4.06. The van der Waals surface area contributed by atoms with Gasteiger partial charge in [-0.05, 0) is 43.9 Å².